The predicted molar refractivity (Wildman–Crippen MR) is 82.3 cm³/mol. The van der Waals surface area contributed by atoms with Gasteiger partial charge in [-0.25, -0.2) is 8.42 Å². The molecular weight excluding hydrogens is 276 g/mol. The summed E-state index contributed by atoms with van der Waals surface area (Å²) in [6, 6.07) is 6.66. The molecule has 0 aliphatic heterocycles. The highest BCUT2D eigenvalue weighted by Crippen LogP contribution is 2.15. The first kappa shape index (κ1) is 16.5. The van der Waals surface area contributed by atoms with Crippen LogP contribution in [0, 0.1) is 0 Å². The lowest BCUT2D eigenvalue weighted by Crippen LogP contribution is -2.16. The second-order valence-corrected chi connectivity index (χ2v) is 6.49. The molecule has 6 heteroatoms. The van der Waals surface area contributed by atoms with Gasteiger partial charge in [0.1, 0.15) is 0 Å². The van der Waals surface area contributed by atoms with Crippen LogP contribution in [0.15, 0.2) is 24.3 Å². The molecule has 1 amide bonds. The Morgan fingerprint density at radius 1 is 1.05 bits per heavy atom. The minimum Gasteiger partial charge on any atom is -0.326 e. The van der Waals surface area contributed by atoms with Crippen LogP contribution >= 0.6 is 0 Å². The topological polar surface area (TPSA) is 75.3 Å². The van der Waals surface area contributed by atoms with E-state index in [1.807, 2.05) is 13.8 Å². The van der Waals surface area contributed by atoms with Crippen LogP contribution in [-0.4, -0.2) is 20.1 Å². The number of sulfonamides is 1. The second kappa shape index (κ2) is 7.89. The van der Waals surface area contributed by atoms with E-state index in [2.05, 4.69) is 10.0 Å². The van der Waals surface area contributed by atoms with Gasteiger partial charge in [-0.15, -0.1) is 0 Å². The second-order valence-electron chi connectivity index (χ2n) is 4.65. The molecule has 0 aromatic heterocycles. The van der Waals surface area contributed by atoms with Gasteiger partial charge in [-0.05, 0) is 37.1 Å². The lowest BCUT2D eigenvalue weighted by molar-refractivity contribution is -0.116. The Morgan fingerprint density at radius 2 is 1.65 bits per heavy atom. The van der Waals surface area contributed by atoms with E-state index in [1.54, 1.807) is 24.3 Å². The molecule has 2 N–H and O–H groups in total. The van der Waals surface area contributed by atoms with Crippen molar-refractivity contribution in [1.82, 2.24) is 0 Å². The molecule has 0 spiro atoms. The molecule has 0 aliphatic carbocycles. The van der Waals surface area contributed by atoms with Crippen molar-refractivity contribution in [3.05, 3.63) is 24.3 Å². The summed E-state index contributed by atoms with van der Waals surface area (Å²) in [5, 5.41) is 2.78. The molecule has 0 saturated carbocycles. The third-order valence-electron chi connectivity index (χ3n) is 2.67. The fourth-order valence-corrected chi connectivity index (χ4v) is 2.82. The number of unbranched alkanes of at least 4 members (excludes halogenated alkanes) is 1. The molecule has 20 heavy (non-hydrogen) atoms. The van der Waals surface area contributed by atoms with Crippen molar-refractivity contribution in [1.29, 1.82) is 0 Å². The Morgan fingerprint density at radius 3 is 2.20 bits per heavy atom. The average Bonchev–Trinajstić information content (AvgIpc) is 2.38. The molecule has 0 heterocycles. The highest BCUT2D eigenvalue weighted by atomic mass is 32.2. The van der Waals surface area contributed by atoms with Crippen molar-refractivity contribution in [2.24, 2.45) is 0 Å². The standard InChI is InChI=1S/C14H22N2O3S/c1-3-5-6-14(17)15-12-7-9-13(10-8-12)16-20(18,19)11-4-2/h7-10,16H,3-6,11H2,1-2H3,(H,15,17). The maximum absolute atomic E-state index is 11.6. The van der Waals surface area contributed by atoms with Crippen molar-refractivity contribution in [3.8, 4) is 0 Å². The highest BCUT2D eigenvalue weighted by Gasteiger charge is 2.08. The first-order valence-corrected chi connectivity index (χ1v) is 8.52. The van der Waals surface area contributed by atoms with E-state index in [0.717, 1.165) is 12.8 Å². The first-order chi connectivity index (χ1) is 9.46. The van der Waals surface area contributed by atoms with Gasteiger partial charge < -0.3 is 5.32 Å². The number of amides is 1. The quantitative estimate of drug-likeness (QED) is 0.774. The van der Waals surface area contributed by atoms with Crippen LogP contribution in [0.4, 0.5) is 11.4 Å². The smallest absolute Gasteiger partial charge is 0.232 e. The molecule has 0 fully saturated rings. The highest BCUT2D eigenvalue weighted by molar-refractivity contribution is 7.92. The molecule has 0 bridgehead atoms. The fourth-order valence-electron chi connectivity index (χ4n) is 1.68. The van der Waals surface area contributed by atoms with E-state index in [4.69, 9.17) is 0 Å². The van der Waals surface area contributed by atoms with Crippen LogP contribution in [0.3, 0.4) is 0 Å². The van der Waals surface area contributed by atoms with Crippen molar-refractivity contribution < 1.29 is 13.2 Å². The van der Waals surface area contributed by atoms with E-state index < -0.39 is 10.0 Å². The van der Waals surface area contributed by atoms with E-state index in [-0.39, 0.29) is 11.7 Å². The molecule has 0 aliphatic rings. The number of rotatable bonds is 8. The molecule has 0 unspecified atom stereocenters. The molecule has 0 saturated heterocycles. The number of nitrogens with one attached hydrogen (secondary N) is 2. The van der Waals surface area contributed by atoms with Crippen molar-refractivity contribution >= 4 is 27.3 Å². The van der Waals surface area contributed by atoms with E-state index in [1.165, 1.54) is 0 Å². The molecule has 112 valence electrons. The Hall–Kier alpha value is -1.56. The largest absolute Gasteiger partial charge is 0.326 e. The third-order valence-corrected chi connectivity index (χ3v) is 4.16. The maximum Gasteiger partial charge on any atom is 0.232 e. The summed E-state index contributed by atoms with van der Waals surface area (Å²) in [5.41, 5.74) is 1.18. The summed E-state index contributed by atoms with van der Waals surface area (Å²) in [4.78, 5) is 11.5. The monoisotopic (exact) mass is 298 g/mol. The van der Waals surface area contributed by atoms with Crippen LogP contribution < -0.4 is 10.0 Å². The molecule has 1 aromatic carbocycles. The van der Waals surface area contributed by atoms with Crippen LogP contribution in [-0.2, 0) is 14.8 Å². The van der Waals surface area contributed by atoms with E-state index >= 15 is 0 Å². The Balaban J connectivity index is 2.58. The van der Waals surface area contributed by atoms with Gasteiger partial charge >= 0.3 is 0 Å². The Bertz CT molecular complexity index is 524. The van der Waals surface area contributed by atoms with E-state index in [9.17, 15) is 13.2 Å². The van der Waals surface area contributed by atoms with Crippen LogP contribution in [0.2, 0.25) is 0 Å². The Labute approximate surface area is 120 Å². The molecule has 1 rings (SSSR count). The number of benzene rings is 1. The van der Waals surface area contributed by atoms with Crippen LogP contribution in [0.5, 0.6) is 0 Å². The lowest BCUT2D eigenvalue weighted by atomic mass is 10.2. The minimum atomic E-state index is -3.27. The summed E-state index contributed by atoms with van der Waals surface area (Å²) < 4.78 is 25.7. The summed E-state index contributed by atoms with van der Waals surface area (Å²) >= 11 is 0. The number of carbonyl (C=O) groups is 1. The molecule has 1 aromatic rings. The zero-order chi connectivity index (χ0) is 15.0. The summed E-state index contributed by atoms with van der Waals surface area (Å²) in [5.74, 6) is 0.0776. The fraction of sp³-hybridized carbons (Fsp3) is 0.500. The van der Waals surface area contributed by atoms with Crippen molar-refractivity contribution in [2.45, 2.75) is 39.5 Å². The summed E-state index contributed by atoms with van der Waals surface area (Å²) in [6.07, 6.45) is 2.91. The number of hydrogen-bond donors (Lipinski definition) is 2. The zero-order valence-electron chi connectivity index (χ0n) is 12.0. The third kappa shape index (κ3) is 6.06. The van der Waals surface area contributed by atoms with Gasteiger partial charge in [0.2, 0.25) is 15.9 Å². The van der Waals surface area contributed by atoms with Gasteiger partial charge in [-0.2, -0.15) is 0 Å². The molecule has 0 radical (unpaired) electrons. The minimum absolute atomic E-state index is 0.0221. The van der Waals surface area contributed by atoms with Gasteiger partial charge in [0, 0.05) is 17.8 Å². The predicted octanol–water partition coefficient (Wildman–Crippen LogP) is 2.97. The van der Waals surface area contributed by atoms with Gasteiger partial charge in [0.15, 0.2) is 0 Å². The SMILES string of the molecule is CCCCC(=O)Nc1ccc(NS(=O)(=O)CCC)cc1. The number of anilines is 2. The number of hydrogen-bond acceptors (Lipinski definition) is 3. The van der Waals surface area contributed by atoms with Crippen molar-refractivity contribution in [3.63, 3.8) is 0 Å². The van der Waals surface area contributed by atoms with E-state index in [0.29, 0.717) is 24.2 Å². The maximum atomic E-state index is 11.6. The normalized spacial score (nSPS) is 11.1. The first-order valence-electron chi connectivity index (χ1n) is 6.87. The van der Waals surface area contributed by atoms with Gasteiger partial charge in [0.25, 0.3) is 0 Å². The molecule has 0 atom stereocenters. The van der Waals surface area contributed by atoms with Gasteiger partial charge in [-0.1, -0.05) is 20.3 Å². The van der Waals surface area contributed by atoms with Gasteiger partial charge in [0.05, 0.1) is 5.75 Å². The van der Waals surface area contributed by atoms with Crippen molar-refractivity contribution in [2.75, 3.05) is 15.8 Å². The van der Waals surface area contributed by atoms with Crippen LogP contribution in [0.1, 0.15) is 39.5 Å². The summed E-state index contributed by atoms with van der Waals surface area (Å²) in [7, 11) is -3.27. The van der Waals surface area contributed by atoms with Crippen LogP contribution in [0.25, 0.3) is 0 Å². The molecular formula is C14H22N2O3S. The average molecular weight is 298 g/mol. The molecule has 5 nitrogen and oxygen atoms in total. The van der Waals surface area contributed by atoms with Gasteiger partial charge in [-0.3, -0.25) is 9.52 Å². The lowest BCUT2D eigenvalue weighted by Gasteiger charge is -2.08. The summed E-state index contributed by atoms with van der Waals surface area (Å²) in [6.45, 7) is 3.85. The zero-order valence-corrected chi connectivity index (χ0v) is 12.8. The number of carbonyl (C=O) groups excluding carboxylic acids is 1. The Kier molecular flexibility index (Phi) is 6.51.